The van der Waals surface area contributed by atoms with Crippen LogP contribution in [0.3, 0.4) is 0 Å². The molecule has 200 valence electrons. The molecule has 0 heterocycles. The molecule has 0 aromatic carbocycles. The summed E-state index contributed by atoms with van der Waals surface area (Å²) in [5.41, 5.74) is 1.17. The molecule has 0 spiro atoms. The highest BCUT2D eigenvalue weighted by Gasteiger charge is 2.53. The van der Waals surface area contributed by atoms with Crippen molar-refractivity contribution >= 4 is 0 Å². The largest absolute Gasteiger partial charge is 0.355 e. The van der Waals surface area contributed by atoms with Gasteiger partial charge in [0, 0.05) is 6.54 Å². The highest BCUT2D eigenvalue weighted by Crippen LogP contribution is 2.62. The molecule has 4 unspecified atom stereocenters. The third kappa shape index (κ3) is 10.1. The SMILES string of the molecule is C=CN(/C=C\C)CCCNCCCCCCC1C(C)CCC2C(C)(C)CCCC12C.CCCC. The highest BCUT2D eigenvalue weighted by atomic mass is 15.1. The molecule has 1 N–H and O–H groups in total. The van der Waals surface area contributed by atoms with E-state index in [2.05, 4.69) is 77.5 Å². The quantitative estimate of drug-likeness (QED) is 0.252. The smallest absolute Gasteiger partial charge is 0.0231 e. The molecule has 0 saturated heterocycles. The molecule has 2 rings (SSSR count). The van der Waals surface area contributed by atoms with Gasteiger partial charge >= 0.3 is 0 Å². The molecule has 34 heavy (non-hydrogen) atoms. The second kappa shape index (κ2) is 16.8. The van der Waals surface area contributed by atoms with Crippen molar-refractivity contribution in [3.05, 3.63) is 25.1 Å². The van der Waals surface area contributed by atoms with Gasteiger partial charge in [0.2, 0.25) is 0 Å². The first-order valence-corrected chi connectivity index (χ1v) is 15.0. The maximum Gasteiger partial charge on any atom is 0.0231 e. The maximum absolute atomic E-state index is 3.86. The third-order valence-electron chi connectivity index (χ3n) is 9.18. The van der Waals surface area contributed by atoms with Gasteiger partial charge in [0.25, 0.3) is 0 Å². The van der Waals surface area contributed by atoms with E-state index in [9.17, 15) is 0 Å². The Morgan fingerprint density at radius 2 is 1.62 bits per heavy atom. The average molecular weight is 475 g/mol. The van der Waals surface area contributed by atoms with Gasteiger partial charge in [-0.3, -0.25) is 0 Å². The Balaban J connectivity index is 0.00000133. The van der Waals surface area contributed by atoms with Crippen molar-refractivity contribution in [2.75, 3.05) is 19.6 Å². The maximum atomic E-state index is 3.86. The Hall–Kier alpha value is -0.760. The van der Waals surface area contributed by atoms with Gasteiger partial charge in [-0.05, 0) is 99.5 Å². The van der Waals surface area contributed by atoms with E-state index in [0.717, 1.165) is 30.8 Å². The molecule has 2 nitrogen and oxygen atoms in total. The molecule has 0 aliphatic heterocycles. The molecule has 0 bridgehead atoms. The van der Waals surface area contributed by atoms with Gasteiger partial charge in [0.15, 0.2) is 0 Å². The van der Waals surface area contributed by atoms with Crippen LogP contribution in [0.2, 0.25) is 0 Å². The molecular formula is C32H62N2. The first-order valence-electron chi connectivity index (χ1n) is 15.0. The molecular weight excluding hydrogens is 412 g/mol. The van der Waals surface area contributed by atoms with Crippen LogP contribution >= 0.6 is 0 Å². The van der Waals surface area contributed by atoms with E-state index < -0.39 is 0 Å². The predicted molar refractivity (Wildman–Crippen MR) is 154 cm³/mol. The number of hydrogen-bond acceptors (Lipinski definition) is 2. The van der Waals surface area contributed by atoms with Crippen LogP contribution in [0.5, 0.6) is 0 Å². The van der Waals surface area contributed by atoms with E-state index in [0.29, 0.717) is 10.8 Å². The number of hydrogen-bond donors (Lipinski definition) is 1. The summed E-state index contributed by atoms with van der Waals surface area (Å²) >= 11 is 0. The summed E-state index contributed by atoms with van der Waals surface area (Å²) in [6.07, 6.45) is 24.3. The van der Waals surface area contributed by atoms with Gasteiger partial charge in [0.05, 0.1) is 0 Å². The molecule has 2 heteroatoms. The van der Waals surface area contributed by atoms with Gasteiger partial charge in [-0.1, -0.05) is 99.1 Å². The molecule has 4 atom stereocenters. The lowest BCUT2D eigenvalue weighted by Gasteiger charge is -2.59. The lowest BCUT2D eigenvalue weighted by atomic mass is 9.46. The second-order valence-electron chi connectivity index (χ2n) is 12.3. The number of rotatable bonds is 14. The van der Waals surface area contributed by atoms with E-state index in [-0.39, 0.29) is 0 Å². The molecule has 2 aliphatic rings. The van der Waals surface area contributed by atoms with Crippen molar-refractivity contribution in [3.63, 3.8) is 0 Å². The zero-order valence-electron chi connectivity index (χ0n) is 24.4. The summed E-state index contributed by atoms with van der Waals surface area (Å²) in [5, 5.41) is 3.62. The van der Waals surface area contributed by atoms with Crippen LogP contribution in [0.1, 0.15) is 132 Å². The van der Waals surface area contributed by atoms with Gasteiger partial charge in [-0.25, -0.2) is 0 Å². The standard InChI is InChI=1S/C28H52N2.C4H10/c1-7-22-30(8-2)23-14-21-29-20-12-10-9-11-15-25-24(3)16-17-26-27(4,5)18-13-19-28(25,26)6;1-3-4-2/h7-8,22,24-26,29H,2,9-21,23H2,1,3-6H3;3-4H2,1-2H3/b22-7-;. The Kier molecular flexibility index (Phi) is 15.5. The second-order valence-corrected chi connectivity index (χ2v) is 12.3. The average Bonchev–Trinajstić information content (AvgIpc) is 2.80. The predicted octanol–water partition coefficient (Wildman–Crippen LogP) is 9.58. The first kappa shape index (κ1) is 31.3. The zero-order valence-corrected chi connectivity index (χ0v) is 24.4. The lowest BCUT2D eigenvalue weighted by Crippen LogP contribution is -2.51. The fraction of sp³-hybridized carbons (Fsp3) is 0.875. The van der Waals surface area contributed by atoms with Crippen molar-refractivity contribution in [2.24, 2.45) is 28.6 Å². The van der Waals surface area contributed by atoms with Crippen molar-refractivity contribution in [2.45, 2.75) is 132 Å². The minimum atomic E-state index is 0.562. The Bertz CT molecular complexity index is 549. The molecule has 0 radical (unpaired) electrons. The summed E-state index contributed by atoms with van der Waals surface area (Å²) in [7, 11) is 0. The summed E-state index contributed by atoms with van der Waals surface area (Å²) in [5.74, 6) is 2.84. The number of allylic oxidation sites excluding steroid dienone is 1. The number of nitrogens with one attached hydrogen (secondary N) is 1. The van der Waals surface area contributed by atoms with Crippen molar-refractivity contribution < 1.29 is 0 Å². The molecule has 0 aromatic heterocycles. The topological polar surface area (TPSA) is 15.3 Å². The van der Waals surface area contributed by atoms with Crippen LogP contribution in [0, 0.1) is 28.6 Å². The summed E-state index contributed by atoms with van der Waals surface area (Å²) in [4.78, 5) is 2.16. The third-order valence-corrected chi connectivity index (χ3v) is 9.18. The number of fused-ring (bicyclic) bond motifs is 1. The fourth-order valence-electron chi connectivity index (χ4n) is 7.12. The molecule has 2 saturated carbocycles. The molecule has 2 aliphatic carbocycles. The molecule has 2 fully saturated rings. The Morgan fingerprint density at radius 1 is 0.941 bits per heavy atom. The summed E-state index contributed by atoms with van der Waals surface area (Å²) < 4.78 is 0. The van der Waals surface area contributed by atoms with Gasteiger partial charge in [-0.15, -0.1) is 0 Å². The van der Waals surface area contributed by atoms with Crippen LogP contribution in [0.4, 0.5) is 0 Å². The Labute approximate surface area is 215 Å². The van der Waals surface area contributed by atoms with Gasteiger partial charge < -0.3 is 10.2 Å². The van der Waals surface area contributed by atoms with E-state index in [1.165, 1.54) is 90.0 Å². The fourth-order valence-corrected chi connectivity index (χ4v) is 7.12. The minimum absolute atomic E-state index is 0.562. The zero-order chi connectivity index (χ0) is 25.5. The van der Waals surface area contributed by atoms with Gasteiger partial charge in [0.1, 0.15) is 0 Å². The van der Waals surface area contributed by atoms with Crippen LogP contribution in [0.25, 0.3) is 0 Å². The van der Waals surface area contributed by atoms with Crippen LogP contribution in [0.15, 0.2) is 25.1 Å². The first-order chi connectivity index (χ1) is 16.3. The van der Waals surface area contributed by atoms with Crippen LogP contribution < -0.4 is 5.32 Å². The number of nitrogens with zero attached hydrogens (tertiary/aromatic N) is 1. The normalized spacial score (nSPS) is 28.1. The van der Waals surface area contributed by atoms with Crippen molar-refractivity contribution in [1.82, 2.24) is 10.2 Å². The van der Waals surface area contributed by atoms with Gasteiger partial charge in [-0.2, -0.15) is 0 Å². The van der Waals surface area contributed by atoms with Crippen molar-refractivity contribution in [1.29, 1.82) is 0 Å². The molecule has 0 amide bonds. The minimum Gasteiger partial charge on any atom is -0.355 e. The van der Waals surface area contributed by atoms with E-state index in [1.54, 1.807) is 0 Å². The number of unbranched alkanes of at least 4 members (excludes halogenated alkanes) is 4. The van der Waals surface area contributed by atoms with Crippen molar-refractivity contribution in [3.8, 4) is 0 Å². The molecule has 0 aromatic rings. The van der Waals surface area contributed by atoms with E-state index >= 15 is 0 Å². The van der Waals surface area contributed by atoms with E-state index in [1.807, 2.05) is 6.20 Å². The summed E-state index contributed by atoms with van der Waals surface area (Å²) in [6, 6.07) is 0. The van der Waals surface area contributed by atoms with Crippen LogP contribution in [-0.2, 0) is 0 Å². The monoisotopic (exact) mass is 474 g/mol. The summed E-state index contributed by atoms with van der Waals surface area (Å²) in [6.45, 7) is 24.0. The Morgan fingerprint density at radius 3 is 2.26 bits per heavy atom. The highest BCUT2D eigenvalue weighted by molar-refractivity contribution is 5.02. The van der Waals surface area contributed by atoms with Crippen LogP contribution in [-0.4, -0.2) is 24.5 Å². The lowest BCUT2D eigenvalue weighted by molar-refractivity contribution is -0.0964. The van der Waals surface area contributed by atoms with E-state index in [4.69, 9.17) is 0 Å².